The first-order valence-corrected chi connectivity index (χ1v) is 8.16. The van der Waals surface area contributed by atoms with Gasteiger partial charge in [-0.25, -0.2) is 13.9 Å². The van der Waals surface area contributed by atoms with E-state index in [0.29, 0.717) is 0 Å². The molecule has 146 valence electrons. The number of amides is 2. The van der Waals surface area contributed by atoms with Gasteiger partial charge < -0.3 is 9.84 Å². The average Bonchev–Trinajstić information content (AvgIpc) is 2.19. The van der Waals surface area contributed by atoms with Crippen LogP contribution in [0.1, 0.15) is 41.5 Å². The molecule has 2 N–H and O–H groups in total. The molecule has 0 fully saturated rings. The number of halogens is 3. The summed E-state index contributed by atoms with van der Waals surface area (Å²) in [5, 5.41) is 10.2. The van der Waals surface area contributed by atoms with E-state index in [4.69, 9.17) is 9.84 Å². The highest BCUT2D eigenvalue weighted by Crippen LogP contribution is 2.32. The SMILES string of the molecule is CC(C)(C)OC(=O)N=C(NC(=O)O)N(C(C)(C)C)S(=O)(=O)C(F)(F)F. The quantitative estimate of drug-likeness (QED) is 0.522. The van der Waals surface area contributed by atoms with Crippen molar-refractivity contribution in [2.24, 2.45) is 4.99 Å². The summed E-state index contributed by atoms with van der Waals surface area (Å²) in [5.41, 5.74) is -8.66. The summed E-state index contributed by atoms with van der Waals surface area (Å²) in [5.74, 6) is -1.36. The Kier molecular flexibility index (Phi) is 6.48. The number of sulfonamides is 1. The number of hydrogen-bond donors (Lipinski definition) is 2. The van der Waals surface area contributed by atoms with Gasteiger partial charge in [-0.05, 0) is 41.5 Å². The zero-order valence-corrected chi connectivity index (χ0v) is 15.2. The molecule has 0 saturated heterocycles. The number of rotatable bonds is 1. The molecule has 0 aliphatic rings. The number of carbonyl (C=O) groups excluding carboxylic acids is 1. The molecule has 2 amide bonds. The van der Waals surface area contributed by atoms with E-state index in [1.54, 1.807) is 0 Å². The molecule has 0 heterocycles. The molecular formula is C12H20F3N3O6S. The standard InChI is InChI=1S/C12H20F3N3O6S/c1-10(2,3)18(25(22,23)12(13,14)15)7(16-8(19)20)17-9(21)24-11(4,5)6/h1-6H3,(H,19,20)(H,16,17,21). The normalized spacial score (nSPS) is 14.0. The van der Waals surface area contributed by atoms with Crippen LogP contribution in [0.2, 0.25) is 0 Å². The average molecular weight is 391 g/mol. The minimum atomic E-state index is -6.06. The molecule has 0 unspecified atom stereocenters. The van der Waals surface area contributed by atoms with E-state index in [0.717, 1.165) is 20.8 Å². The molecule has 0 aliphatic heterocycles. The predicted molar refractivity (Wildman–Crippen MR) is 81.4 cm³/mol. The van der Waals surface area contributed by atoms with Gasteiger partial charge in [0.05, 0.1) is 5.54 Å². The number of carboxylic acid groups (broad SMARTS) is 1. The number of nitrogens with zero attached hydrogens (tertiary/aromatic N) is 2. The molecule has 0 aliphatic carbocycles. The van der Waals surface area contributed by atoms with E-state index in [1.807, 2.05) is 0 Å². The molecule has 0 aromatic carbocycles. The molecule has 0 radical (unpaired) electrons. The molecule has 0 aromatic rings. The Labute approximate surface area is 142 Å². The lowest BCUT2D eigenvalue weighted by atomic mass is 10.1. The number of guanidine groups is 1. The van der Waals surface area contributed by atoms with Gasteiger partial charge in [0.2, 0.25) is 5.96 Å². The smallest absolute Gasteiger partial charge is 0.465 e. The third-order valence-electron chi connectivity index (χ3n) is 2.14. The highest BCUT2D eigenvalue weighted by Gasteiger charge is 2.54. The van der Waals surface area contributed by atoms with Gasteiger partial charge in [0, 0.05) is 0 Å². The van der Waals surface area contributed by atoms with Crippen molar-refractivity contribution < 1.29 is 41.0 Å². The highest BCUT2D eigenvalue weighted by molar-refractivity contribution is 7.90. The van der Waals surface area contributed by atoms with Gasteiger partial charge in [-0.1, -0.05) is 0 Å². The van der Waals surface area contributed by atoms with E-state index in [9.17, 15) is 31.2 Å². The molecule has 0 saturated carbocycles. The molecule has 0 spiro atoms. The number of hydrogen-bond acceptors (Lipinski definition) is 5. The Morgan fingerprint density at radius 2 is 1.52 bits per heavy atom. The summed E-state index contributed by atoms with van der Waals surface area (Å²) in [7, 11) is -6.06. The second-order valence-corrected chi connectivity index (χ2v) is 8.51. The maximum atomic E-state index is 12.9. The fourth-order valence-corrected chi connectivity index (χ4v) is 2.73. The largest absolute Gasteiger partial charge is 0.516 e. The van der Waals surface area contributed by atoms with Crippen molar-refractivity contribution >= 4 is 28.2 Å². The van der Waals surface area contributed by atoms with E-state index in [2.05, 4.69) is 4.99 Å². The van der Waals surface area contributed by atoms with Gasteiger partial charge in [-0.15, -0.1) is 4.99 Å². The van der Waals surface area contributed by atoms with Crippen molar-refractivity contribution in [2.45, 2.75) is 58.2 Å². The third-order valence-corrected chi connectivity index (χ3v) is 3.93. The first-order valence-electron chi connectivity index (χ1n) is 6.72. The topological polar surface area (TPSA) is 125 Å². The second kappa shape index (κ2) is 7.06. The number of aliphatic imine (C=N–C) groups is 1. The molecule has 0 aromatic heterocycles. The van der Waals surface area contributed by atoms with Crippen LogP contribution in [0.15, 0.2) is 4.99 Å². The van der Waals surface area contributed by atoms with E-state index >= 15 is 0 Å². The van der Waals surface area contributed by atoms with Crippen molar-refractivity contribution in [1.29, 1.82) is 0 Å². The Morgan fingerprint density at radius 3 is 1.80 bits per heavy atom. The number of ether oxygens (including phenoxy) is 1. The molecule has 0 rings (SSSR count). The number of carbonyl (C=O) groups is 2. The fraction of sp³-hybridized carbons (Fsp3) is 0.750. The van der Waals surface area contributed by atoms with E-state index in [-0.39, 0.29) is 4.31 Å². The number of nitrogens with one attached hydrogen (secondary N) is 1. The highest BCUT2D eigenvalue weighted by atomic mass is 32.2. The van der Waals surface area contributed by atoms with Crippen molar-refractivity contribution in [3.63, 3.8) is 0 Å². The molecule has 13 heteroatoms. The van der Waals surface area contributed by atoms with Crippen molar-refractivity contribution in [1.82, 2.24) is 9.62 Å². The monoisotopic (exact) mass is 391 g/mol. The summed E-state index contributed by atoms with van der Waals surface area (Å²) < 4.78 is 66.9. The van der Waals surface area contributed by atoms with Crippen LogP contribution in [0.4, 0.5) is 22.8 Å². The Balaban J connectivity index is 6.35. The molecule has 9 nitrogen and oxygen atoms in total. The Bertz CT molecular complexity index is 659. The lowest BCUT2D eigenvalue weighted by molar-refractivity contribution is -0.0490. The predicted octanol–water partition coefficient (Wildman–Crippen LogP) is 2.50. The first-order chi connectivity index (χ1) is 10.8. The summed E-state index contributed by atoms with van der Waals surface area (Å²) in [6, 6.07) is 0. The number of alkyl halides is 3. The molecule has 25 heavy (non-hydrogen) atoms. The Morgan fingerprint density at radius 1 is 1.08 bits per heavy atom. The van der Waals surface area contributed by atoms with E-state index in [1.165, 1.54) is 26.1 Å². The fourth-order valence-electron chi connectivity index (χ4n) is 1.49. The molecule has 0 bridgehead atoms. The zero-order chi connectivity index (χ0) is 20.4. The minimum absolute atomic E-state index is 0.335. The lowest BCUT2D eigenvalue weighted by Crippen LogP contribution is -2.58. The third kappa shape index (κ3) is 6.76. The minimum Gasteiger partial charge on any atom is -0.465 e. The van der Waals surface area contributed by atoms with Crippen molar-refractivity contribution in [3.8, 4) is 0 Å². The lowest BCUT2D eigenvalue weighted by Gasteiger charge is -2.36. The maximum Gasteiger partial charge on any atom is 0.516 e. The van der Waals surface area contributed by atoms with Crippen LogP contribution in [0.5, 0.6) is 0 Å². The maximum absolute atomic E-state index is 12.9. The molecular weight excluding hydrogens is 371 g/mol. The van der Waals surface area contributed by atoms with Crippen LogP contribution < -0.4 is 5.32 Å². The van der Waals surface area contributed by atoms with Crippen LogP contribution in [0.25, 0.3) is 0 Å². The first kappa shape index (κ1) is 22.9. The Hall–Kier alpha value is -2.05. The summed E-state index contributed by atoms with van der Waals surface area (Å²) in [6.45, 7) is 7.47. The van der Waals surface area contributed by atoms with Crippen molar-refractivity contribution in [2.75, 3.05) is 0 Å². The second-order valence-electron chi connectivity index (χ2n) is 6.73. The van der Waals surface area contributed by atoms with Gasteiger partial charge >= 0.3 is 27.7 Å². The van der Waals surface area contributed by atoms with Gasteiger partial charge in [0.15, 0.2) is 0 Å². The van der Waals surface area contributed by atoms with Crippen LogP contribution in [-0.2, 0) is 14.8 Å². The van der Waals surface area contributed by atoms with Gasteiger partial charge in [-0.2, -0.15) is 21.6 Å². The van der Waals surface area contributed by atoms with E-state index < -0.39 is 44.8 Å². The van der Waals surface area contributed by atoms with Gasteiger partial charge in [0.25, 0.3) is 0 Å². The van der Waals surface area contributed by atoms with Crippen LogP contribution in [0.3, 0.4) is 0 Å². The summed E-state index contributed by atoms with van der Waals surface area (Å²) >= 11 is 0. The van der Waals surface area contributed by atoms with Crippen LogP contribution in [-0.4, -0.2) is 52.6 Å². The molecule has 0 atom stereocenters. The summed E-state index contributed by atoms with van der Waals surface area (Å²) in [6.07, 6.45) is -3.39. The summed E-state index contributed by atoms with van der Waals surface area (Å²) in [4.78, 5) is 25.6. The van der Waals surface area contributed by atoms with Gasteiger partial charge in [0.1, 0.15) is 5.60 Å². The van der Waals surface area contributed by atoms with Crippen LogP contribution >= 0.6 is 0 Å². The zero-order valence-electron chi connectivity index (χ0n) is 14.4. The van der Waals surface area contributed by atoms with Crippen molar-refractivity contribution in [3.05, 3.63) is 0 Å². The van der Waals surface area contributed by atoms with Crippen LogP contribution in [0, 0.1) is 0 Å². The van der Waals surface area contributed by atoms with Gasteiger partial charge in [-0.3, -0.25) is 5.32 Å².